The molecule has 2 aromatic rings. The van der Waals surface area contributed by atoms with E-state index in [4.69, 9.17) is 11.6 Å². The molecular formula is C15H12ClF3N2O5S. The molecule has 0 unspecified atom stereocenters. The minimum Gasteiger partial charge on any atom is -0.406 e. The van der Waals surface area contributed by atoms with Gasteiger partial charge in [0.2, 0.25) is 10.0 Å². The number of nitro benzene ring substituents is 1. The molecule has 2 rings (SSSR count). The summed E-state index contributed by atoms with van der Waals surface area (Å²) in [5.74, 6) is -0.514. The predicted octanol–water partition coefficient (Wildman–Crippen LogP) is 3.97. The Bertz CT molecular complexity index is 966. The van der Waals surface area contributed by atoms with E-state index < -0.39 is 37.6 Å². The molecule has 0 N–H and O–H groups in total. The van der Waals surface area contributed by atoms with Crippen molar-refractivity contribution in [2.24, 2.45) is 0 Å². The van der Waals surface area contributed by atoms with E-state index in [0.717, 1.165) is 35.6 Å². The molecule has 0 saturated carbocycles. The van der Waals surface area contributed by atoms with Crippen LogP contribution in [0.4, 0.5) is 18.9 Å². The molecule has 0 fully saturated rings. The SMILES string of the molecule is CN(Cc1cccc(OC(F)(F)F)c1)S(=O)(=O)c1cc(Cl)ccc1[N+](=O)[O-]. The molecule has 0 aromatic heterocycles. The molecule has 0 atom stereocenters. The van der Waals surface area contributed by atoms with Crippen LogP contribution in [0.15, 0.2) is 47.4 Å². The average Bonchev–Trinajstić information content (AvgIpc) is 2.53. The normalized spacial score (nSPS) is 12.2. The smallest absolute Gasteiger partial charge is 0.406 e. The fourth-order valence-corrected chi connectivity index (χ4v) is 3.77. The van der Waals surface area contributed by atoms with Gasteiger partial charge in [0.1, 0.15) is 5.75 Å². The first-order chi connectivity index (χ1) is 12.4. The van der Waals surface area contributed by atoms with E-state index in [1.807, 2.05) is 0 Å². The molecular weight excluding hydrogens is 413 g/mol. The molecule has 146 valence electrons. The van der Waals surface area contributed by atoms with Gasteiger partial charge in [-0.1, -0.05) is 23.7 Å². The molecule has 0 heterocycles. The number of nitro groups is 1. The van der Waals surface area contributed by atoms with Crippen molar-refractivity contribution in [2.45, 2.75) is 17.8 Å². The number of sulfonamides is 1. The molecule has 0 aliphatic rings. The monoisotopic (exact) mass is 424 g/mol. The Morgan fingerprint density at radius 1 is 1.22 bits per heavy atom. The van der Waals surface area contributed by atoms with Crippen molar-refractivity contribution in [3.8, 4) is 5.75 Å². The third kappa shape index (κ3) is 5.31. The molecule has 0 radical (unpaired) electrons. The van der Waals surface area contributed by atoms with Crippen molar-refractivity contribution in [3.63, 3.8) is 0 Å². The number of nitrogens with zero attached hydrogens (tertiary/aromatic N) is 2. The Morgan fingerprint density at radius 2 is 1.89 bits per heavy atom. The third-order valence-corrected chi connectivity index (χ3v) is 5.41. The van der Waals surface area contributed by atoms with Crippen molar-refractivity contribution in [1.29, 1.82) is 0 Å². The van der Waals surface area contributed by atoms with Crippen LogP contribution in [-0.2, 0) is 16.6 Å². The lowest BCUT2D eigenvalue weighted by Crippen LogP contribution is -2.27. The average molecular weight is 425 g/mol. The van der Waals surface area contributed by atoms with Gasteiger partial charge in [0.15, 0.2) is 4.90 Å². The van der Waals surface area contributed by atoms with E-state index in [1.54, 1.807) is 0 Å². The maximum atomic E-state index is 12.7. The first-order valence-corrected chi connectivity index (χ1v) is 8.97. The third-order valence-electron chi connectivity index (χ3n) is 3.34. The molecule has 7 nitrogen and oxygen atoms in total. The standard InChI is InChI=1S/C15H12ClF3N2O5S/c1-20(9-10-3-2-4-12(7-10)26-15(17,18)19)27(24,25)14-8-11(16)5-6-13(14)21(22)23/h2-8H,9H2,1H3. The second kappa shape index (κ2) is 7.71. The lowest BCUT2D eigenvalue weighted by atomic mass is 10.2. The number of ether oxygens (including phenoxy) is 1. The summed E-state index contributed by atoms with van der Waals surface area (Å²) in [6, 6.07) is 7.81. The van der Waals surface area contributed by atoms with Gasteiger partial charge in [-0.05, 0) is 29.8 Å². The quantitative estimate of drug-likeness (QED) is 0.517. The first kappa shape index (κ1) is 20.9. The van der Waals surface area contributed by atoms with E-state index in [9.17, 15) is 31.7 Å². The van der Waals surface area contributed by atoms with Crippen molar-refractivity contribution in [2.75, 3.05) is 7.05 Å². The highest BCUT2D eigenvalue weighted by atomic mass is 35.5. The van der Waals surface area contributed by atoms with Gasteiger partial charge in [-0.2, -0.15) is 4.31 Å². The van der Waals surface area contributed by atoms with Gasteiger partial charge in [-0.3, -0.25) is 10.1 Å². The highest BCUT2D eigenvalue weighted by molar-refractivity contribution is 7.89. The summed E-state index contributed by atoms with van der Waals surface area (Å²) in [4.78, 5) is 9.61. The van der Waals surface area contributed by atoms with Crippen LogP contribution in [-0.4, -0.2) is 31.1 Å². The van der Waals surface area contributed by atoms with E-state index in [-0.39, 0.29) is 17.1 Å². The summed E-state index contributed by atoms with van der Waals surface area (Å²) in [5, 5.41) is 11.1. The summed E-state index contributed by atoms with van der Waals surface area (Å²) < 4.78 is 66.8. The zero-order valence-corrected chi connectivity index (χ0v) is 15.2. The second-order valence-corrected chi connectivity index (χ2v) is 7.78. The van der Waals surface area contributed by atoms with Gasteiger partial charge in [-0.15, -0.1) is 13.2 Å². The van der Waals surface area contributed by atoms with Crippen molar-refractivity contribution < 1.29 is 31.2 Å². The van der Waals surface area contributed by atoms with Gasteiger partial charge in [-0.25, -0.2) is 8.42 Å². The Morgan fingerprint density at radius 3 is 2.48 bits per heavy atom. The van der Waals surface area contributed by atoms with E-state index in [1.165, 1.54) is 18.2 Å². The summed E-state index contributed by atoms with van der Waals surface area (Å²) in [6.45, 7) is -0.346. The molecule has 0 spiro atoms. The summed E-state index contributed by atoms with van der Waals surface area (Å²) in [5.41, 5.74) is -0.479. The highest BCUT2D eigenvalue weighted by Gasteiger charge is 2.32. The first-order valence-electron chi connectivity index (χ1n) is 7.15. The fourth-order valence-electron chi connectivity index (χ4n) is 2.20. The number of alkyl halides is 3. The lowest BCUT2D eigenvalue weighted by Gasteiger charge is -2.18. The van der Waals surface area contributed by atoms with Crippen LogP contribution < -0.4 is 4.74 Å². The van der Waals surface area contributed by atoms with Crippen LogP contribution in [0.25, 0.3) is 0 Å². The summed E-state index contributed by atoms with van der Waals surface area (Å²) in [6.07, 6.45) is -4.89. The molecule has 27 heavy (non-hydrogen) atoms. The van der Waals surface area contributed by atoms with Crippen LogP contribution in [0.5, 0.6) is 5.75 Å². The zero-order chi connectivity index (χ0) is 20.4. The number of benzene rings is 2. The van der Waals surface area contributed by atoms with Crippen LogP contribution in [0.2, 0.25) is 5.02 Å². The fraction of sp³-hybridized carbons (Fsp3) is 0.200. The minimum absolute atomic E-state index is 0.0202. The summed E-state index contributed by atoms with van der Waals surface area (Å²) in [7, 11) is -3.20. The van der Waals surface area contributed by atoms with Crippen LogP contribution >= 0.6 is 11.6 Å². The van der Waals surface area contributed by atoms with Gasteiger partial charge in [0.25, 0.3) is 5.69 Å². The van der Waals surface area contributed by atoms with Gasteiger partial charge in [0.05, 0.1) is 4.92 Å². The van der Waals surface area contributed by atoms with Crippen LogP contribution in [0.1, 0.15) is 5.56 Å². The second-order valence-electron chi connectivity index (χ2n) is 5.33. The number of halogens is 4. The Hall–Kier alpha value is -2.37. The maximum absolute atomic E-state index is 12.7. The molecule has 0 bridgehead atoms. The van der Waals surface area contributed by atoms with Crippen LogP contribution in [0.3, 0.4) is 0 Å². The lowest BCUT2D eigenvalue weighted by molar-refractivity contribution is -0.387. The molecule has 0 amide bonds. The largest absolute Gasteiger partial charge is 0.573 e. The van der Waals surface area contributed by atoms with Gasteiger partial charge in [0, 0.05) is 24.7 Å². The molecule has 0 saturated heterocycles. The molecule has 0 aliphatic heterocycles. The van der Waals surface area contributed by atoms with E-state index in [2.05, 4.69) is 4.74 Å². The predicted molar refractivity (Wildman–Crippen MR) is 89.9 cm³/mol. The van der Waals surface area contributed by atoms with Gasteiger partial charge < -0.3 is 4.74 Å². The minimum atomic E-state index is -4.89. The van der Waals surface area contributed by atoms with Crippen molar-refractivity contribution in [3.05, 3.63) is 63.2 Å². The maximum Gasteiger partial charge on any atom is 0.573 e. The molecule has 0 aliphatic carbocycles. The summed E-state index contributed by atoms with van der Waals surface area (Å²) >= 11 is 5.75. The molecule has 2 aromatic carbocycles. The Balaban J connectivity index is 2.33. The van der Waals surface area contributed by atoms with E-state index >= 15 is 0 Å². The molecule has 12 heteroatoms. The highest BCUT2D eigenvalue weighted by Crippen LogP contribution is 2.30. The number of hydrogen-bond donors (Lipinski definition) is 0. The Labute approximate surface area is 157 Å². The Kier molecular flexibility index (Phi) is 5.97. The van der Waals surface area contributed by atoms with E-state index in [0.29, 0.717) is 0 Å². The topological polar surface area (TPSA) is 89.8 Å². The number of rotatable bonds is 6. The number of hydrogen-bond acceptors (Lipinski definition) is 5. The van der Waals surface area contributed by atoms with Gasteiger partial charge >= 0.3 is 6.36 Å². The van der Waals surface area contributed by atoms with Crippen molar-refractivity contribution in [1.82, 2.24) is 4.31 Å². The van der Waals surface area contributed by atoms with Crippen LogP contribution in [0, 0.1) is 10.1 Å². The van der Waals surface area contributed by atoms with Crippen molar-refractivity contribution >= 4 is 27.3 Å². The zero-order valence-electron chi connectivity index (χ0n) is 13.6.